The van der Waals surface area contributed by atoms with Crippen LogP contribution in [0.1, 0.15) is 18.9 Å². The van der Waals surface area contributed by atoms with Crippen molar-refractivity contribution in [2.45, 2.75) is 25.8 Å². The topological polar surface area (TPSA) is 29.5 Å². The first-order valence-corrected chi connectivity index (χ1v) is 5.35. The smallest absolute Gasteiger partial charge is 0.420 e. The number of benzene rings is 1. The van der Waals surface area contributed by atoms with Gasteiger partial charge in [-0.3, -0.25) is 0 Å². The Bertz CT molecular complexity index is 366. The fourth-order valence-corrected chi connectivity index (χ4v) is 1.42. The zero-order valence-corrected chi connectivity index (χ0v) is 9.97. The van der Waals surface area contributed by atoms with Crippen molar-refractivity contribution in [2.24, 2.45) is 0 Å². The van der Waals surface area contributed by atoms with Crippen LogP contribution >= 0.6 is 15.9 Å². The molecule has 0 spiro atoms. The maximum absolute atomic E-state index is 12.6. The normalized spacial score (nSPS) is 13.6. The number of rotatable bonds is 3. The molecule has 0 aromatic heterocycles. The van der Waals surface area contributed by atoms with E-state index in [-0.39, 0.29) is 12.2 Å². The minimum atomic E-state index is -4.51. The highest BCUT2D eigenvalue weighted by molar-refractivity contribution is 9.10. The van der Waals surface area contributed by atoms with Gasteiger partial charge in [-0.05, 0) is 18.2 Å². The molecule has 0 aliphatic carbocycles. The summed E-state index contributed by atoms with van der Waals surface area (Å²) >= 11 is 2.95. The molecule has 0 amide bonds. The molecule has 6 heteroatoms. The second kappa shape index (κ2) is 5.05. The summed E-state index contributed by atoms with van der Waals surface area (Å²) < 4.78 is 42.9. The van der Waals surface area contributed by atoms with E-state index in [9.17, 15) is 13.2 Å². The maximum Gasteiger partial charge on any atom is 0.420 e. The predicted octanol–water partition coefficient (Wildman–Crippen LogP) is 3.58. The van der Waals surface area contributed by atoms with Gasteiger partial charge in [0.1, 0.15) is 5.75 Å². The van der Waals surface area contributed by atoms with Gasteiger partial charge in [0.25, 0.3) is 0 Å². The van der Waals surface area contributed by atoms with Crippen LogP contribution in [0.3, 0.4) is 0 Å². The van der Waals surface area contributed by atoms with Crippen LogP contribution in [0.4, 0.5) is 13.2 Å². The van der Waals surface area contributed by atoms with Gasteiger partial charge < -0.3 is 9.84 Å². The van der Waals surface area contributed by atoms with E-state index in [1.165, 1.54) is 12.1 Å². The molecule has 1 unspecified atom stereocenters. The molecule has 0 aliphatic heterocycles. The molecule has 1 aromatic rings. The molecule has 0 radical (unpaired) electrons. The monoisotopic (exact) mass is 298 g/mol. The molecule has 1 rings (SSSR count). The lowest BCUT2D eigenvalue weighted by Crippen LogP contribution is -2.17. The predicted molar refractivity (Wildman–Crippen MR) is 56.1 cm³/mol. The number of aliphatic hydroxyl groups excluding tert-OH is 1. The number of hydrogen-bond donors (Lipinski definition) is 1. The molecule has 1 atom stereocenters. The van der Waals surface area contributed by atoms with E-state index in [0.29, 0.717) is 4.47 Å². The van der Waals surface area contributed by atoms with Crippen molar-refractivity contribution in [1.29, 1.82) is 0 Å². The summed E-state index contributed by atoms with van der Waals surface area (Å²) in [5.41, 5.74) is -0.908. The zero-order chi connectivity index (χ0) is 12.3. The molecule has 2 nitrogen and oxygen atoms in total. The van der Waals surface area contributed by atoms with Crippen molar-refractivity contribution in [2.75, 3.05) is 0 Å². The highest BCUT2D eigenvalue weighted by Crippen LogP contribution is 2.38. The molecule has 1 aromatic carbocycles. The Morgan fingerprint density at radius 1 is 1.44 bits per heavy atom. The van der Waals surface area contributed by atoms with Crippen LogP contribution < -0.4 is 4.74 Å². The first-order valence-electron chi connectivity index (χ1n) is 4.56. The van der Waals surface area contributed by atoms with E-state index in [0.717, 1.165) is 6.07 Å². The van der Waals surface area contributed by atoms with Crippen molar-refractivity contribution in [3.05, 3.63) is 28.2 Å². The van der Waals surface area contributed by atoms with Crippen molar-refractivity contribution < 1.29 is 23.0 Å². The Hall–Kier alpha value is -0.750. The largest absolute Gasteiger partial charge is 0.465 e. The number of aliphatic hydroxyl groups is 1. The van der Waals surface area contributed by atoms with Gasteiger partial charge in [0.2, 0.25) is 0 Å². The first kappa shape index (κ1) is 13.3. The van der Waals surface area contributed by atoms with Gasteiger partial charge >= 0.3 is 6.18 Å². The molecule has 0 saturated carbocycles. The Kier molecular flexibility index (Phi) is 4.21. The Morgan fingerprint density at radius 2 is 2.06 bits per heavy atom. The van der Waals surface area contributed by atoms with E-state index in [1.807, 2.05) is 0 Å². The SMILES string of the molecule is CCC(O)Oc1ccc(Br)cc1C(F)(F)F. The van der Waals surface area contributed by atoms with Gasteiger partial charge in [-0.25, -0.2) is 0 Å². The standard InChI is InChI=1S/C10H10BrF3O2/c1-2-9(15)16-8-4-3-6(11)5-7(8)10(12,13)14/h3-5,9,15H,2H2,1H3. The van der Waals surface area contributed by atoms with Crippen LogP contribution in [0.25, 0.3) is 0 Å². The summed E-state index contributed by atoms with van der Waals surface area (Å²) in [4.78, 5) is 0. The van der Waals surface area contributed by atoms with E-state index in [1.54, 1.807) is 6.92 Å². The van der Waals surface area contributed by atoms with Gasteiger partial charge in [0.15, 0.2) is 6.29 Å². The first-order chi connectivity index (χ1) is 7.34. The third-order valence-electron chi connectivity index (χ3n) is 1.86. The summed E-state index contributed by atoms with van der Waals surface area (Å²) in [6.45, 7) is 1.61. The van der Waals surface area contributed by atoms with Gasteiger partial charge in [0, 0.05) is 10.9 Å². The van der Waals surface area contributed by atoms with Crippen molar-refractivity contribution in [3.8, 4) is 5.75 Å². The summed E-state index contributed by atoms with van der Waals surface area (Å²) in [6.07, 6.45) is -5.53. The van der Waals surface area contributed by atoms with E-state index in [4.69, 9.17) is 9.84 Å². The lowest BCUT2D eigenvalue weighted by molar-refractivity contribution is -0.140. The summed E-state index contributed by atoms with van der Waals surface area (Å²) in [6, 6.07) is 3.51. The average molecular weight is 299 g/mol. The molecular weight excluding hydrogens is 289 g/mol. The number of ether oxygens (including phenoxy) is 1. The number of alkyl halides is 3. The molecule has 90 valence electrons. The average Bonchev–Trinajstić information content (AvgIpc) is 2.19. The number of halogens is 4. The van der Waals surface area contributed by atoms with E-state index in [2.05, 4.69) is 15.9 Å². The third-order valence-corrected chi connectivity index (χ3v) is 2.35. The summed E-state index contributed by atoms with van der Waals surface area (Å²) in [5, 5.41) is 9.17. The Labute approximate surface area is 99.2 Å². The molecule has 0 heterocycles. The molecule has 1 N–H and O–H groups in total. The highest BCUT2D eigenvalue weighted by atomic mass is 79.9. The molecule has 0 aliphatic rings. The minimum Gasteiger partial charge on any atom is -0.465 e. The van der Waals surface area contributed by atoms with Crippen LogP contribution in [0, 0.1) is 0 Å². The van der Waals surface area contributed by atoms with Crippen LogP contribution in [0.2, 0.25) is 0 Å². The second-order valence-corrected chi connectivity index (χ2v) is 4.03. The molecule has 0 saturated heterocycles. The van der Waals surface area contributed by atoms with Crippen molar-refractivity contribution >= 4 is 15.9 Å². The molecule has 16 heavy (non-hydrogen) atoms. The van der Waals surface area contributed by atoms with Gasteiger partial charge in [-0.2, -0.15) is 13.2 Å². The van der Waals surface area contributed by atoms with Gasteiger partial charge in [-0.15, -0.1) is 0 Å². The second-order valence-electron chi connectivity index (χ2n) is 3.12. The van der Waals surface area contributed by atoms with Crippen molar-refractivity contribution in [3.63, 3.8) is 0 Å². The summed E-state index contributed by atoms with van der Waals surface area (Å²) in [5.74, 6) is -0.370. The molecule has 0 bridgehead atoms. The lowest BCUT2D eigenvalue weighted by atomic mass is 10.2. The molecule has 0 fully saturated rings. The fourth-order valence-electron chi connectivity index (χ4n) is 1.06. The lowest BCUT2D eigenvalue weighted by Gasteiger charge is -2.16. The van der Waals surface area contributed by atoms with E-state index >= 15 is 0 Å². The molecular formula is C10H10BrF3O2. The van der Waals surface area contributed by atoms with Crippen LogP contribution in [-0.2, 0) is 6.18 Å². The van der Waals surface area contributed by atoms with Gasteiger partial charge in [0.05, 0.1) is 5.56 Å². The number of hydrogen-bond acceptors (Lipinski definition) is 2. The van der Waals surface area contributed by atoms with Gasteiger partial charge in [-0.1, -0.05) is 22.9 Å². The Morgan fingerprint density at radius 3 is 2.56 bits per heavy atom. The summed E-state index contributed by atoms with van der Waals surface area (Å²) in [7, 11) is 0. The highest BCUT2D eigenvalue weighted by Gasteiger charge is 2.35. The Balaban J connectivity index is 3.08. The maximum atomic E-state index is 12.6. The zero-order valence-electron chi connectivity index (χ0n) is 8.38. The fraction of sp³-hybridized carbons (Fsp3) is 0.400. The van der Waals surface area contributed by atoms with Crippen LogP contribution in [0.15, 0.2) is 22.7 Å². The van der Waals surface area contributed by atoms with Crippen LogP contribution in [-0.4, -0.2) is 11.4 Å². The quantitative estimate of drug-likeness (QED) is 0.865. The van der Waals surface area contributed by atoms with E-state index < -0.39 is 18.0 Å². The van der Waals surface area contributed by atoms with Crippen LogP contribution in [0.5, 0.6) is 5.75 Å². The minimum absolute atomic E-state index is 0.216. The third kappa shape index (κ3) is 3.38. The van der Waals surface area contributed by atoms with Crippen molar-refractivity contribution in [1.82, 2.24) is 0 Å².